The van der Waals surface area contributed by atoms with E-state index in [1.54, 1.807) is 6.92 Å². The summed E-state index contributed by atoms with van der Waals surface area (Å²) >= 11 is 1.23. The van der Waals surface area contributed by atoms with Gasteiger partial charge in [-0.05, 0) is 13.0 Å². The van der Waals surface area contributed by atoms with E-state index in [2.05, 4.69) is 15.5 Å². The number of carboxylic acids is 1. The predicted octanol–water partition coefficient (Wildman–Crippen LogP) is 1.32. The van der Waals surface area contributed by atoms with Crippen molar-refractivity contribution in [1.29, 1.82) is 0 Å². The first-order valence-electron chi connectivity index (χ1n) is 4.96. The quantitative estimate of drug-likeness (QED) is 0.865. The summed E-state index contributed by atoms with van der Waals surface area (Å²) in [7, 11) is 0. The molecule has 2 aromatic heterocycles. The molecule has 2 N–H and O–H groups in total. The van der Waals surface area contributed by atoms with E-state index < -0.39 is 11.9 Å². The van der Waals surface area contributed by atoms with Crippen molar-refractivity contribution < 1.29 is 19.1 Å². The number of hydrogen-bond acceptors (Lipinski definition) is 6. The van der Waals surface area contributed by atoms with Crippen molar-refractivity contribution in [3.8, 4) is 0 Å². The molecule has 0 aliphatic heterocycles. The van der Waals surface area contributed by atoms with Crippen LogP contribution >= 0.6 is 11.3 Å². The van der Waals surface area contributed by atoms with E-state index in [4.69, 9.17) is 9.52 Å². The lowest BCUT2D eigenvalue weighted by atomic mass is 10.2. The minimum atomic E-state index is -1.06. The zero-order valence-corrected chi connectivity index (χ0v) is 10.2. The number of aliphatic carboxylic acids is 1. The van der Waals surface area contributed by atoms with Crippen LogP contribution in [0.25, 0.3) is 0 Å². The van der Waals surface area contributed by atoms with Crippen LogP contribution in [0.2, 0.25) is 0 Å². The molecule has 0 radical (unpaired) electrons. The van der Waals surface area contributed by atoms with Crippen LogP contribution in [0.3, 0.4) is 0 Å². The zero-order valence-electron chi connectivity index (χ0n) is 9.34. The Morgan fingerprint density at radius 3 is 2.89 bits per heavy atom. The number of furan rings is 1. The van der Waals surface area contributed by atoms with Gasteiger partial charge in [0.25, 0.3) is 5.91 Å². The van der Waals surface area contributed by atoms with Crippen molar-refractivity contribution in [2.45, 2.75) is 13.3 Å². The van der Waals surface area contributed by atoms with E-state index in [0.717, 1.165) is 5.01 Å². The molecule has 0 saturated heterocycles. The fourth-order valence-electron chi connectivity index (χ4n) is 1.33. The van der Waals surface area contributed by atoms with Gasteiger partial charge in [-0.2, -0.15) is 0 Å². The monoisotopic (exact) mass is 267 g/mol. The third kappa shape index (κ3) is 2.72. The van der Waals surface area contributed by atoms with E-state index >= 15 is 0 Å². The maximum atomic E-state index is 11.9. The topological polar surface area (TPSA) is 105 Å². The van der Waals surface area contributed by atoms with Crippen LogP contribution in [0.15, 0.2) is 16.7 Å². The number of anilines is 1. The van der Waals surface area contributed by atoms with E-state index in [0.29, 0.717) is 5.13 Å². The van der Waals surface area contributed by atoms with Crippen molar-refractivity contribution in [2.75, 3.05) is 5.32 Å². The Morgan fingerprint density at radius 2 is 2.28 bits per heavy atom. The Hall–Kier alpha value is -2.22. The molecule has 0 aromatic carbocycles. The lowest BCUT2D eigenvalue weighted by molar-refractivity contribution is -0.136. The fourth-order valence-corrected chi connectivity index (χ4v) is 1.92. The smallest absolute Gasteiger partial charge is 0.311 e. The third-order valence-corrected chi connectivity index (χ3v) is 2.80. The maximum Gasteiger partial charge on any atom is 0.311 e. The number of amides is 1. The zero-order chi connectivity index (χ0) is 13.1. The highest BCUT2D eigenvalue weighted by Gasteiger charge is 2.18. The number of aromatic nitrogens is 2. The van der Waals surface area contributed by atoms with Gasteiger partial charge < -0.3 is 9.52 Å². The molecular formula is C10H9N3O4S. The van der Waals surface area contributed by atoms with Gasteiger partial charge in [-0.3, -0.25) is 14.9 Å². The summed E-state index contributed by atoms with van der Waals surface area (Å²) in [6.45, 7) is 1.76. The highest BCUT2D eigenvalue weighted by Crippen LogP contribution is 2.17. The number of carbonyl (C=O) groups is 2. The summed E-state index contributed by atoms with van der Waals surface area (Å²) in [6.07, 6.45) is 0.934. The van der Waals surface area contributed by atoms with Gasteiger partial charge in [-0.25, -0.2) is 0 Å². The highest BCUT2D eigenvalue weighted by atomic mass is 32.1. The lowest BCUT2D eigenvalue weighted by Crippen LogP contribution is -2.14. The van der Waals surface area contributed by atoms with Crippen LogP contribution in [0.5, 0.6) is 0 Å². The highest BCUT2D eigenvalue weighted by molar-refractivity contribution is 7.15. The van der Waals surface area contributed by atoms with E-state index in [9.17, 15) is 9.59 Å². The molecular weight excluding hydrogens is 258 g/mol. The van der Waals surface area contributed by atoms with Gasteiger partial charge in [0.05, 0.1) is 11.8 Å². The summed E-state index contributed by atoms with van der Waals surface area (Å²) < 4.78 is 4.97. The van der Waals surface area contributed by atoms with E-state index in [1.807, 2.05) is 0 Å². The first kappa shape index (κ1) is 12.2. The van der Waals surface area contributed by atoms with Gasteiger partial charge in [0.2, 0.25) is 5.13 Å². The minimum Gasteiger partial charge on any atom is -0.481 e. The molecule has 0 unspecified atom stereocenters. The van der Waals surface area contributed by atoms with Crippen molar-refractivity contribution in [3.63, 3.8) is 0 Å². The normalized spacial score (nSPS) is 10.3. The molecule has 0 aliphatic rings. The number of hydrogen-bond donors (Lipinski definition) is 2. The number of carbonyl (C=O) groups excluding carboxylic acids is 1. The molecule has 18 heavy (non-hydrogen) atoms. The second kappa shape index (κ2) is 4.96. The summed E-state index contributed by atoms with van der Waals surface area (Å²) in [5.41, 5.74) is 0.185. The van der Waals surface area contributed by atoms with Crippen molar-refractivity contribution >= 4 is 28.3 Å². The van der Waals surface area contributed by atoms with Crippen LogP contribution in [0, 0.1) is 6.92 Å². The van der Waals surface area contributed by atoms with Gasteiger partial charge in [0, 0.05) is 0 Å². The second-order valence-corrected chi connectivity index (χ2v) is 4.59. The molecule has 2 heterocycles. The van der Waals surface area contributed by atoms with Crippen LogP contribution in [0.1, 0.15) is 21.1 Å². The van der Waals surface area contributed by atoms with Gasteiger partial charge >= 0.3 is 5.97 Å². The Labute approximate surface area is 105 Å². The molecule has 0 aliphatic carbocycles. The molecule has 0 saturated carbocycles. The van der Waals surface area contributed by atoms with Crippen LogP contribution < -0.4 is 5.32 Å². The van der Waals surface area contributed by atoms with E-state index in [1.165, 1.54) is 23.7 Å². The molecule has 2 rings (SSSR count). The van der Waals surface area contributed by atoms with Gasteiger partial charge in [-0.15, -0.1) is 10.2 Å². The summed E-state index contributed by atoms with van der Waals surface area (Å²) in [5, 5.41) is 19.8. The number of nitrogens with one attached hydrogen (secondary N) is 1. The Morgan fingerprint density at radius 1 is 1.50 bits per heavy atom. The number of aryl methyl sites for hydroxylation is 1. The molecule has 0 bridgehead atoms. The Bertz CT molecular complexity index is 589. The van der Waals surface area contributed by atoms with Crippen molar-refractivity contribution in [2.24, 2.45) is 0 Å². The average molecular weight is 267 g/mol. The molecule has 0 fully saturated rings. The molecule has 8 heteroatoms. The SMILES string of the molecule is Cc1nnc(NC(=O)c2ccoc2CC(=O)O)s1. The minimum absolute atomic E-state index is 0.112. The molecule has 1 amide bonds. The first-order chi connectivity index (χ1) is 8.56. The third-order valence-electron chi connectivity index (χ3n) is 2.05. The van der Waals surface area contributed by atoms with E-state index in [-0.39, 0.29) is 17.7 Å². The van der Waals surface area contributed by atoms with Gasteiger partial charge in [0.1, 0.15) is 17.2 Å². The van der Waals surface area contributed by atoms with Crippen LogP contribution in [-0.2, 0) is 11.2 Å². The summed E-state index contributed by atoms with van der Waals surface area (Å²) in [6, 6.07) is 1.42. The molecule has 2 aromatic rings. The lowest BCUT2D eigenvalue weighted by Gasteiger charge is -2.00. The van der Waals surface area contributed by atoms with Crippen molar-refractivity contribution in [3.05, 3.63) is 28.7 Å². The molecule has 0 spiro atoms. The van der Waals surface area contributed by atoms with Gasteiger partial charge in [0.15, 0.2) is 0 Å². The number of nitrogens with zero attached hydrogens (tertiary/aromatic N) is 2. The predicted molar refractivity (Wildman–Crippen MR) is 62.6 cm³/mol. The maximum absolute atomic E-state index is 11.9. The Kier molecular flexibility index (Phi) is 3.38. The van der Waals surface area contributed by atoms with Crippen molar-refractivity contribution in [1.82, 2.24) is 10.2 Å². The average Bonchev–Trinajstić information content (AvgIpc) is 2.87. The standard InChI is InChI=1S/C10H9N3O4S/c1-5-12-13-10(18-5)11-9(16)6-2-3-17-7(6)4-8(14)15/h2-3H,4H2,1H3,(H,14,15)(H,11,13,16). The second-order valence-electron chi connectivity index (χ2n) is 3.41. The van der Waals surface area contributed by atoms with Crippen LogP contribution in [-0.4, -0.2) is 27.2 Å². The molecule has 7 nitrogen and oxygen atoms in total. The molecule has 94 valence electrons. The first-order valence-corrected chi connectivity index (χ1v) is 5.77. The largest absolute Gasteiger partial charge is 0.481 e. The van der Waals surface area contributed by atoms with Gasteiger partial charge in [-0.1, -0.05) is 11.3 Å². The molecule has 0 atom stereocenters. The number of rotatable bonds is 4. The summed E-state index contributed by atoms with van der Waals surface area (Å²) in [5.74, 6) is -1.41. The summed E-state index contributed by atoms with van der Waals surface area (Å²) in [4.78, 5) is 22.5. The fraction of sp³-hybridized carbons (Fsp3) is 0.200. The Balaban J connectivity index is 2.14. The number of carboxylic acid groups (broad SMARTS) is 1. The van der Waals surface area contributed by atoms with Crippen LogP contribution in [0.4, 0.5) is 5.13 Å².